The molecule has 2 aromatic rings. The highest BCUT2D eigenvalue weighted by Crippen LogP contribution is 2.46. The van der Waals surface area contributed by atoms with Crippen LogP contribution in [-0.4, -0.2) is 27.1 Å². The molecule has 1 aromatic carbocycles. The molecule has 2 N–H and O–H groups in total. The van der Waals surface area contributed by atoms with Crippen LogP contribution in [0.15, 0.2) is 30.3 Å². The number of amides is 1. The molecule has 1 saturated carbocycles. The molecule has 1 atom stereocenters. The van der Waals surface area contributed by atoms with E-state index >= 15 is 0 Å². The average molecular weight is 500 g/mol. The summed E-state index contributed by atoms with van der Waals surface area (Å²) in [4.78, 5) is 16.7. The van der Waals surface area contributed by atoms with E-state index < -0.39 is 23.1 Å². The Morgan fingerprint density at radius 2 is 2.03 bits per heavy atom. The van der Waals surface area contributed by atoms with Crippen molar-refractivity contribution in [2.45, 2.75) is 51.4 Å². The number of benzene rings is 1. The number of alkyl halides is 1. The number of carbonyl (C=O) groups is 1. The number of aromatic nitrogens is 1. The van der Waals surface area contributed by atoms with Crippen molar-refractivity contribution in [2.75, 3.05) is 5.33 Å². The summed E-state index contributed by atoms with van der Waals surface area (Å²) in [5, 5.41) is 14.3. The standard InChI is InChI=1S/C22H25BrClFN2O3/c1-21(2,3)30-20(28)26-11-13-8-18(14-4-7-17(25)16(24)10-14)27-19(9-13)22(29,12-23)15-5-6-15/h4,7-10,15,29H,5-6,11-12H2,1-3H3,(H,26,28). The van der Waals surface area contributed by atoms with Crippen molar-refractivity contribution in [1.82, 2.24) is 10.3 Å². The van der Waals surface area contributed by atoms with Crippen molar-refractivity contribution in [1.29, 1.82) is 0 Å². The van der Waals surface area contributed by atoms with Gasteiger partial charge in [0, 0.05) is 17.4 Å². The number of nitrogens with one attached hydrogen (secondary N) is 1. The molecule has 1 heterocycles. The monoisotopic (exact) mass is 498 g/mol. The maximum Gasteiger partial charge on any atom is 0.407 e. The van der Waals surface area contributed by atoms with Crippen molar-refractivity contribution in [3.63, 3.8) is 0 Å². The highest BCUT2D eigenvalue weighted by molar-refractivity contribution is 9.09. The summed E-state index contributed by atoms with van der Waals surface area (Å²) in [5.74, 6) is -0.401. The molecule has 8 heteroatoms. The Morgan fingerprint density at radius 1 is 1.33 bits per heavy atom. The quantitative estimate of drug-likeness (QED) is 0.511. The van der Waals surface area contributed by atoms with Crippen LogP contribution >= 0.6 is 27.5 Å². The third kappa shape index (κ3) is 5.50. The van der Waals surface area contributed by atoms with E-state index in [0.29, 0.717) is 22.3 Å². The third-order valence-corrected chi connectivity index (χ3v) is 5.98. The zero-order chi connectivity index (χ0) is 22.1. The molecular weight excluding hydrogens is 475 g/mol. The van der Waals surface area contributed by atoms with Gasteiger partial charge in [-0.3, -0.25) is 0 Å². The molecule has 0 saturated heterocycles. The van der Waals surface area contributed by atoms with Gasteiger partial charge < -0.3 is 15.2 Å². The van der Waals surface area contributed by atoms with Crippen molar-refractivity contribution in [3.05, 3.63) is 52.4 Å². The number of rotatable bonds is 6. The lowest BCUT2D eigenvalue weighted by Crippen LogP contribution is -2.33. The van der Waals surface area contributed by atoms with E-state index in [1.165, 1.54) is 12.1 Å². The fraction of sp³-hybridized carbons (Fsp3) is 0.455. The molecule has 162 valence electrons. The Bertz CT molecular complexity index is 946. The molecule has 0 radical (unpaired) electrons. The zero-order valence-corrected chi connectivity index (χ0v) is 19.5. The number of ether oxygens (including phenoxy) is 1. The van der Waals surface area contributed by atoms with Crippen LogP contribution in [0.25, 0.3) is 11.3 Å². The van der Waals surface area contributed by atoms with Gasteiger partial charge in [0.05, 0.1) is 16.4 Å². The summed E-state index contributed by atoms with van der Waals surface area (Å²) >= 11 is 9.37. The molecule has 30 heavy (non-hydrogen) atoms. The Labute approximate surface area is 189 Å². The number of halogens is 3. The van der Waals surface area contributed by atoms with Gasteiger partial charge in [0.15, 0.2) is 0 Å². The first-order chi connectivity index (χ1) is 14.0. The van der Waals surface area contributed by atoms with Gasteiger partial charge in [0.25, 0.3) is 0 Å². The second-order valence-electron chi connectivity index (χ2n) is 8.56. The first kappa shape index (κ1) is 23.0. The Balaban J connectivity index is 1.96. The lowest BCUT2D eigenvalue weighted by molar-refractivity contribution is 0.0352. The van der Waals surface area contributed by atoms with E-state index in [0.717, 1.165) is 18.4 Å². The Kier molecular flexibility index (Phi) is 6.75. The fourth-order valence-corrected chi connectivity index (χ4v) is 4.08. The number of hydrogen-bond acceptors (Lipinski definition) is 4. The van der Waals surface area contributed by atoms with Crippen LogP contribution in [0, 0.1) is 11.7 Å². The molecule has 0 aliphatic heterocycles. The smallest absolute Gasteiger partial charge is 0.407 e. The number of hydrogen-bond donors (Lipinski definition) is 2. The van der Waals surface area contributed by atoms with Gasteiger partial charge >= 0.3 is 6.09 Å². The molecule has 1 aliphatic rings. The molecule has 3 rings (SSSR count). The number of nitrogens with zero attached hydrogens (tertiary/aromatic N) is 1. The van der Waals surface area contributed by atoms with Gasteiger partial charge in [-0.15, -0.1) is 0 Å². The van der Waals surface area contributed by atoms with Gasteiger partial charge in [0.2, 0.25) is 0 Å². The first-order valence-electron chi connectivity index (χ1n) is 9.74. The number of carbonyl (C=O) groups excluding carboxylic acids is 1. The summed E-state index contributed by atoms with van der Waals surface area (Å²) in [6, 6.07) is 7.93. The fourth-order valence-electron chi connectivity index (χ4n) is 3.15. The summed E-state index contributed by atoms with van der Waals surface area (Å²) in [5.41, 5.74) is 0.665. The topological polar surface area (TPSA) is 71.5 Å². The molecule has 1 aromatic heterocycles. The molecular formula is C22H25BrClFN2O3. The summed E-state index contributed by atoms with van der Waals surface area (Å²) in [6.07, 6.45) is 1.30. The second kappa shape index (κ2) is 8.81. The molecule has 1 fully saturated rings. The lowest BCUT2D eigenvalue weighted by Gasteiger charge is -2.26. The largest absolute Gasteiger partial charge is 0.444 e. The van der Waals surface area contributed by atoms with Crippen molar-refractivity contribution in [2.24, 2.45) is 5.92 Å². The molecule has 1 unspecified atom stereocenters. The van der Waals surface area contributed by atoms with Gasteiger partial charge in [-0.1, -0.05) is 27.5 Å². The van der Waals surface area contributed by atoms with Crippen molar-refractivity contribution < 1.29 is 19.0 Å². The maximum atomic E-state index is 13.6. The van der Waals surface area contributed by atoms with Crippen LogP contribution in [0.4, 0.5) is 9.18 Å². The van der Waals surface area contributed by atoms with Crippen LogP contribution < -0.4 is 5.32 Å². The highest BCUT2D eigenvalue weighted by atomic mass is 79.9. The van der Waals surface area contributed by atoms with Gasteiger partial charge in [-0.05, 0) is 75.4 Å². The number of aliphatic hydroxyl groups is 1. The normalized spacial score (nSPS) is 16.1. The first-order valence-corrected chi connectivity index (χ1v) is 11.2. The van der Waals surface area contributed by atoms with E-state index in [4.69, 9.17) is 16.3 Å². The van der Waals surface area contributed by atoms with E-state index in [1.54, 1.807) is 39.0 Å². The molecule has 0 spiro atoms. The Morgan fingerprint density at radius 3 is 2.60 bits per heavy atom. The minimum absolute atomic E-state index is 0.00826. The van der Waals surface area contributed by atoms with Gasteiger partial charge in [-0.25, -0.2) is 14.2 Å². The predicted octanol–water partition coefficient (Wildman–Crippen LogP) is 5.56. The Hall–Kier alpha value is -1.70. The highest BCUT2D eigenvalue weighted by Gasteiger charge is 2.45. The zero-order valence-electron chi connectivity index (χ0n) is 17.1. The number of alkyl carbamates (subject to hydrolysis) is 1. The molecule has 0 bridgehead atoms. The average Bonchev–Trinajstić information content (AvgIpc) is 3.52. The summed E-state index contributed by atoms with van der Waals surface area (Å²) < 4.78 is 18.9. The SMILES string of the molecule is CC(C)(C)OC(=O)NCc1cc(-c2ccc(F)c(Cl)c2)nc(C(O)(CBr)C2CC2)c1. The lowest BCUT2D eigenvalue weighted by atomic mass is 9.93. The molecule has 5 nitrogen and oxygen atoms in total. The van der Waals surface area contributed by atoms with Crippen LogP contribution in [0.5, 0.6) is 0 Å². The van der Waals surface area contributed by atoms with Crippen molar-refractivity contribution >= 4 is 33.6 Å². The minimum atomic E-state index is -1.12. The van der Waals surface area contributed by atoms with Crippen molar-refractivity contribution in [3.8, 4) is 11.3 Å². The summed E-state index contributed by atoms with van der Waals surface area (Å²) in [6.45, 7) is 5.56. The van der Waals surface area contributed by atoms with E-state index in [1.807, 2.05) is 0 Å². The summed E-state index contributed by atoms with van der Waals surface area (Å²) in [7, 11) is 0. The minimum Gasteiger partial charge on any atom is -0.444 e. The van der Waals surface area contributed by atoms with Gasteiger partial charge in [0.1, 0.15) is 17.0 Å². The number of pyridine rings is 1. The van der Waals surface area contributed by atoms with E-state index in [-0.39, 0.29) is 17.5 Å². The molecule has 1 aliphatic carbocycles. The van der Waals surface area contributed by atoms with Gasteiger partial charge in [-0.2, -0.15) is 0 Å². The maximum absolute atomic E-state index is 13.6. The van der Waals surface area contributed by atoms with E-state index in [2.05, 4.69) is 26.2 Å². The molecule has 1 amide bonds. The van der Waals surface area contributed by atoms with Crippen LogP contribution in [0.3, 0.4) is 0 Å². The van der Waals surface area contributed by atoms with Crippen LogP contribution in [-0.2, 0) is 16.9 Å². The second-order valence-corrected chi connectivity index (χ2v) is 9.53. The van der Waals surface area contributed by atoms with E-state index in [9.17, 15) is 14.3 Å². The van der Waals surface area contributed by atoms with Crippen LogP contribution in [0.2, 0.25) is 5.02 Å². The third-order valence-electron chi connectivity index (χ3n) is 4.84. The predicted molar refractivity (Wildman–Crippen MR) is 118 cm³/mol. The van der Waals surface area contributed by atoms with Crippen LogP contribution in [0.1, 0.15) is 44.9 Å².